The van der Waals surface area contributed by atoms with Crippen LogP contribution in [0.4, 0.5) is 0 Å². The number of fused-ring (bicyclic) bond motifs is 3. The molecule has 5 rings (SSSR count). The highest BCUT2D eigenvalue weighted by Gasteiger charge is 2.57. The zero-order valence-corrected chi connectivity index (χ0v) is 15.1. The van der Waals surface area contributed by atoms with Crippen LogP contribution in [-0.2, 0) is 11.2 Å². The fourth-order valence-corrected chi connectivity index (χ4v) is 6.75. The third-order valence-electron chi connectivity index (χ3n) is 7.96. The van der Waals surface area contributed by atoms with E-state index in [1.807, 2.05) is 0 Å². The Bertz CT molecular complexity index is 659. The molecule has 0 radical (unpaired) electrons. The van der Waals surface area contributed by atoms with Crippen molar-refractivity contribution < 1.29 is 4.79 Å². The third-order valence-corrected chi connectivity index (χ3v) is 7.96. The first-order chi connectivity index (χ1) is 12.2. The summed E-state index contributed by atoms with van der Waals surface area (Å²) in [6.45, 7) is 1.88. The molecule has 2 N–H and O–H groups in total. The van der Waals surface area contributed by atoms with Gasteiger partial charge in [-0.1, -0.05) is 36.8 Å². The molecule has 3 aliphatic carbocycles. The number of amides is 1. The highest BCUT2D eigenvalue weighted by atomic mass is 16.2. The van der Waals surface area contributed by atoms with Crippen LogP contribution in [0, 0.1) is 29.1 Å². The molecule has 3 heteroatoms. The van der Waals surface area contributed by atoms with Crippen LogP contribution in [-0.4, -0.2) is 29.9 Å². The second kappa shape index (κ2) is 5.84. The SMILES string of the molecule is NC1CCC2CN(C(=O)C3(Cc4ccccc4)CC4CCC3C4)CC12. The highest BCUT2D eigenvalue weighted by Crippen LogP contribution is 2.58. The summed E-state index contributed by atoms with van der Waals surface area (Å²) < 4.78 is 0. The molecular weight excluding hydrogens is 308 g/mol. The van der Waals surface area contributed by atoms with Gasteiger partial charge >= 0.3 is 0 Å². The molecule has 6 atom stereocenters. The average molecular weight is 338 g/mol. The average Bonchev–Trinajstić information content (AvgIpc) is 3.38. The Hall–Kier alpha value is -1.35. The molecule has 4 aliphatic rings. The molecule has 0 aromatic heterocycles. The maximum Gasteiger partial charge on any atom is 0.229 e. The van der Waals surface area contributed by atoms with Gasteiger partial charge in [0.2, 0.25) is 5.91 Å². The number of nitrogens with zero attached hydrogens (tertiary/aromatic N) is 1. The number of carbonyl (C=O) groups is 1. The van der Waals surface area contributed by atoms with Crippen molar-refractivity contribution in [2.24, 2.45) is 34.8 Å². The Kier molecular flexibility index (Phi) is 3.70. The molecule has 0 spiro atoms. The van der Waals surface area contributed by atoms with Crippen molar-refractivity contribution in [1.82, 2.24) is 4.90 Å². The van der Waals surface area contributed by atoms with Gasteiger partial charge in [0.15, 0.2) is 0 Å². The van der Waals surface area contributed by atoms with E-state index in [-0.39, 0.29) is 5.41 Å². The number of benzene rings is 1. The van der Waals surface area contributed by atoms with E-state index in [0.29, 0.717) is 29.7 Å². The number of hydrogen-bond acceptors (Lipinski definition) is 2. The molecule has 1 heterocycles. The molecule has 3 saturated carbocycles. The number of rotatable bonds is 3. The first-order valence-corrected chi connectivity index (χ1v) is 10.2. The molecule has 2 bridgehead atoms. The van der Waals surface area contributed by atoms with E-state index in [0.717, 1.165) is 38.3 Å². The van der Waals surface area contributed by atoms with Gasteiger partial charge in [0, 0.05) is 19.1 Å². The molecule has 6 unspecified atom stereocenters. The van der Waals surface area contributed by atoms with Gasteiger partial charge in [-0.25, -0.2) is 0 Å². The lowest BCUT2D eigenvalue weighted by atomic mass is 9.68. The smallest absolute Gasteiger partial charge is 0.229 e. The summed E-state index contributed by atoms with van der Waals surface area (Å²) in [5.41, 5.74) is 7.52. The lowest BCUT2D eigenvalue weighted by molar-refractivity contribution is -0.144. The number of likely N-dealkylation sites (tertiary alicyclic amines) is 1. The van der Waals surface area contributed by atoms with E-state index in [1.54, 1.807) is 0 Å². The third kappa shape index (κ3) is 2.46. The zero-order valence-electron chi connectivity index (χ0n) is 15.1. The molecule has 134 valence electrons. The van der Waals surface area contributed by atoms with Crippen molar-refractivity contribution in [3.8, 4) is 0 Å². The molecule has 1 aliphatic heterocycles. The van der Waals surface area contributed by atoms with Gasteiger partial charge in [-0.05, 0) is 67.8 Å². The normalized spacial score (nSPS) is 42.1. The monoisotopic (exact) mass is 338 g/mol. The summed E-state index contributed by atoms with van der Waals surface area (Å²) >= 11 is 0. The Labute approximate surface area is 151 Å². The predicted octanol–water partition coefficient (Wildman–Crippen LogP) is 3.23. The van der Waals surface area contributed by atoms with Crippen LogP contribution >= 0.6 is 0 Å². The number of hydrogen-bond donors (Lipinski definition) is 1. The number of carbonyl (C=O) groups excluding carboxylic acids is 1. The van der Waals surface area contributed by atoms with Gasteiger partial charge in [0.25, 0.3) is 0 Å². The van der Waals surface area contributed by atoms with E-state index < -0.39 is 0 Å². The first-order valence-electron chi connectivity index (χ1n) is 10.2. The quantitative estimate of drug-likeness (QED) is 0.920. The van der Waals surface area contributed by atoms with E-state index in [4.69, 9.17) is 5.73 Å². The van der Waals surface area contributed by atoms with Crippen LogP contribution < -0.4 is 5.73 Å². The van der Waals surface area contributed by atoms with Gasteiger partial charge < -0.3 is 10.6 Å². The molecule has 25 heavy (non-hydrogen) atoms. The van der Waals surface area contributed by atoms with Crippen LogP contribution in [0.15, 0.2) is 30.3 Å². The minimum absolute atomic E-state index is 0.132. The van der Waals surface area contributed by atoms with Crippen molar-refractivity contribution in [3.05, 3.63) is 35.9 Å². The van der Waals surface area contributed by atoms with Crippen LogP contribution in [0.25, 0.3) is 0 Å². The fourth-order valence-electron chi connectivity index (χ4n) is 6.75. The second-order valence-corrected chi connectivity index (χ2v) is 9.27. The van der Waals surface area contributed by atoms with Crippen molar-refractivity contribution in [3.63, 3.8) is 0 Å². The van der Waals surface area contributed by atoms with Gasteiger partial charge in [0.05, 0.1) is 5.41 Å². The van der Waals surface area contributed by atoms with Crippen molar-refractivity contribution in [2.75, 3.05) is 13.1 Å². The predicted molar refractivity (Wildman–Crippen MR) is 98.8 cm³/mol. The molecule has 4 fully saturated rings. The van der Waals surface area contributed by atoms with Gasteiger partial charge in [-0.3, -0.25) is 4.79 Å². The summed E-state index contributed by atoms with van der Waals surface area (Å²) in [7, 11) is 0. The molecule has 1 amide bonds. The minimum Gasteiger partial charge on any atom is -0.342 e. The molecule has 1 aromatic rings. The van der Waals surface area contributed by atoms with E-state index >= 15 is 0 Å². The standard InChI is InChI=1S/C22H30N2O/c23-20-9-7-17-13-24(14-19(17)20)21(25)22(11-15-4-2-1-3-5-15)12-16-6-8-18(22)10-16/h1-5,16-20H,6-14,23H2. The van der Waals surface area contributed by atoms with E-state index in [9.17, 15) is 4.79 Å². The number of nitrogens with two attached hydrogens (primary N) is 1. The van der Waals surface area contributed by atoms with Crippen LogP contribution in [0.2, 0.25) is 0 Å². The lowest BCUT2D eigenvalue weighted by Crippen LogP contribution is -2.48. The van der Waals surface area contributed by atoms with Crippen molar-refractivity contribution in [1.29, 1.82) is 0 Å². The second-order valence-electron chi connectivity index (χ2n) is 9.27. The molecule has 1 saturated heterocycles. The van der Waals surface area contributed by atoms with E-state index in [2.05, 4.69) is 35.2 Å². The largest absolute Gasteiger partial charge is 0.342 e. The minimum atomic E-state index is -0.132. The zero-order chi connectivity index (χ0) is 17.0. The topological polar surface area (TPSA) is 46.3 Å². The lowest BCUT2D eigenvalue weighted by Gasteiger charge is -2.40. The van der Waals surface area contributed by atoms with Crippen molar-refractivity contribution in [2.45, 2.75) is 51.0 Å². The highest BCUT2D eigenvalue weighted by molar-refractivity contribution is 5.84. The summed E-state index contributed by atoms with van der Waals surface area (Å²) in [6.07, 6.45) is 8.28. The fraction of sp³-hybridized carbons (Fsp3) is 0.682. The maximum absolute atomic E-state index is 13.8. The Balaban J connectivity index is 1.42. The van der Waals surface area contributed by atoms with Crippen LogP contribution in [0.5, 0.6) is 0 Å². The Morgan fingerprint density at radius 2 is 1.96 bits per heavy atom. The Morgan fingerprint density at radius 1 is 1.12 bits per heavy atom. The summed E-state index contributed by atoms with van der Waals surface area (Å²) in [4.78, 5) is 16.0. The molecular formula is C22H30N2O. The van der Waals surface area contributed by atoms with Gasteiger partial charge in [0.1, 0.15) is 0 Å². The molecule has 1 aromatic carbocycles. The van der Waals surface area contributed by atoms with Crippen LogP contribution in [0.1, 0.15) is 44.1 Å². The van der Waals surface area contributed by atoms with Crippen LogP contribution in [0.3, 0.4) is 0 Å². The molecule has 3 nitrogen and oxygen atoms in total. The van der Waals surface area contributed by atoms with Crippen molar-refractivity contribution >= 4 is 5.91 Å². The first kappa shape index (κ1) is 15.9. The summed E-state index contributed by atoms with van der Waals surface area (Å²) in [6, 6.07) is 11.0. The van der Waals surface area contributed by atoms with Gasteiger partial charge in [-0.2, -0.15) is 0 Å². The summed E-state index contributed by atoms with van der Waals surface area (Å²) in [5, 5.41) is 0. The van der Waals surface area contributed by atoms with Gasteiger partial charge in [-0.15, -0.1) is 0 Å². The Morgan fingerprint density at radius 3 is 2.64 bits per heavy atom. The summed E-state index contributed by atoms with van der Waals surface area (Å²) in [5.74, 6) is 3.05. The maximum atomic E-state index is 13.8. The van der Waals surface area contributed by atoms with E-state index in [1.165, 1.54) is 31.2 Å².